The van der Waals surface area contributed by atoms with Gasteiger partial charge in [-0.3, -0.25) is 6.29 Å². The summed E-state index contributed by atoms with van der Waals surface area (Å²) in [6.45, 7) is 11.1. The van der Waals surface area contributed by atoms with Crippen molar-refractivity contribution in [2.75, 3.05) is 0 Å². The molecule has 1 aliphatic carbocycles. The van der Waals surface area contributed by atoms with Gasteiger partial charge in [0, 0.05) is 12.1 Å². The van der Waals surface area contributed by atoms with Crippen LogP contribution in [0.2, 0.25) is 0 Å². The Labute approximate surface area is 185 Å². The summed E-state index contributed by atoms with van der Waals surface area (Å²) in [6.07, 6.45) is 12.4. The van der Waals surface area contributed by atoms with E-state index in [0.29, 0.717) is 6.42 Å². The Morgan fingerprint density at radius 2 is 1.17 bits per heavy atom. The largest absolute Gasteiger partial charge is 2.00 e. The van der Waals surface area contributed by atoms with E-state index in [1.807, 2.05) is 86.9 Å². The third-order valence-corrected chi connectivity index (χ3v) is 3.80. The van der Waals surface area contributed by atoms with Crippen LogP contribution in [0.1, 0.15) is 36.6 Å². The molecule has 149 valence electrons. The van der Waals surface area contributed by atoms with Gasteiger partial charge >= 0.3 is 39.7 Å². The van der Waals surface area contributed by atoms with Crippen molar-refractivity contribution in [1.29, 1.82) is 0 Å². The van der Waals surface area contributed by atoms with E-state index in [4.69, 9.17) is 9.30 Å². The van der Waals surface area contributed by atoms with E-state index < -0.39 is 0 Å². The molecule has 1 fully saturated rings. The summed E-state index contributed by atoms with van der Waals surface area (Å²) in [6, 6.07) is 20.5. The van der Waals surface area contributed by atoms with E-state index in [2.05, 4.69) is 37.7 Å². The smallest absolute Gasteiger partial charge is 0.0312 e. The van der Waals surface area contributed by atoms with Gasteiger partial charge in [0.1, 0.15) is 0 Å². The molecule has 0 aliphatic heterocycles. The Kier molecular flexibility index (Phi) is 21.0. The standard InChI is InChI=1S/C17H18NO.C5H5.2CO.Fe/c1-14(15-8-4-2-5-9-15)18-17(12-13-19)16-10-6-3-7-11-16;1-2-4-5-3-1;2*1-2;/h2-11,14,17-18H,12H2,1H3;1-5H;;;/q-1;;;;+2/t14-,17+;;;;/m1..../s1. The summed E-state index contributed by atoms with van der Waals surface area (Å²) >= 11 is 0. The number of carbonyl (C=O) groups excluding carboxylic acids is 1. The van der Waals surface area contributed by atoms with Crippen LogP contribution in [-0.2, 0) is 31.2 Å². The molecule has 0 unspecified atom stereocenters. The van der Waals surface area contributed by atoms with Gasteiger partial charge in [0.15, 0.2) is 0 Å². The average Bonchev–Trinajstić information content (AvgIpc) is 3.38. The molecular weight excluding hydrogens is 406 g/mol. The van der Waals surface area contributed by atoms with Gasteiger partial charge in [0.25, 0.3) is 0 Å². The van der Waals surface area contributed by atoms with Gasteiger partial charge in [-0.15, -0.1) is 6.42 Å². The molecule has 5 heteroatoms. The average molecular weight is 429 g/mol. The van der Waals surface area contributed by atoms with Crippen molar-refractivity contribution in [3.63, 3.8) is 0 Å². The summed E-state index contributed by atoms with van der Waals surface area (Å²) in [5.74, 6) is 0. The molecule has 2 aromatic rings. The van der Waals surface area contributed by atoms with Gasteiger partial charge in [-0.05, 0) is 50.2 Å². The van der Waals surface area contributed by atoms with Crippen LogP contribution in [0.5, 0.6) is 0 Å². The number of benzene rings is 2. The fourth-order valence-electron chi connectivity index (χ4n) is 2.50. The summed E-state index contributed by atoms with van der Waals surface area (Å²) in [4.78, 5) is 10.7. The molecule has 2 aromatic carbocycles. The maximum absolute atomic E-state index is 10.7. The predicted molar refractivity (Wildman–Crippen MR) is 107 cm³/mol. The molecule has 3 rings (SSSR count). The van der Waals surface area contributed by atoms with E-state index in [0.717, 1.165) is 5.56 Å². The quantitative estimate of drug-likeness (QED) is 0.417. The molecule has 0 saturated heterocycles. The van der Waals surface area contributed by atoms with Gasteiger partial charge in [0.2, 0.25) is 0 Å². The molecule has 4 nitrogen and oxygen atoms in total. The fraction of sp³-hybridized carbons (Fsp3) is 0.167. The van der Waals surface area contributed by atoms with Crippen molar-refractivity contribution in [3.05, 3.63) is 117 Å². The van der Waals surface area contributed by atoms with Crippen LogP contribution in [0, 0.1) is 45.4 Å². The van der Waals surface area contributed by atoms with E-state index >= 15 is 0 Å². The van der Waals surface area contributed by atoms with Crippen LogP contribution in [0.4, 0.5) is 0 Å². The first-order chi connectivity index (χ1) is 13.8. The minimum atomic E-state index is 0. The Balaban J connectivity index is 0. The van der Waals surface area contributed by atoms with Gasteiger partial charge in [-0.1, -0.05) is 60.7 Å². The molecule has 0 heterocycles. The van der Waals surface area contributed by atoms with Crippen LogP contribution in [0.25, 0.3) is 0 Å². The van der Waals surface area contributed by atoms with Crippen molar-refractivity contribution in [3.8, 4) is 0 Å². The monoisotopic (exact) mass is 429 g/mol. The SMILES string of the molecule is C[C@@H](N[C@@H](C[C-]=O)c1ccccc1)c1ccccc1.[C-]#[O+].[C-]#[O+].[CH]1[CH][CH][CH][CH]1.[Fe+2]. The van der Waals surface area contributed by atoms with E-state index in [-0.39, 0.29) is 29.2 Å². The van der Waals surface area contributed by atoms with Crippen molar-refractivity contribution >= 4 is 6.29 Å². The molecule has 0 amide bonds. The zero-order valence-electron chi connectivity index (χ0n) is 16.1. The van der Waals surface area contributed by atoms with Gasteiger partial charge < -0.3 is 10.1 Å². The second-order valence-electron chi connectivity index (χ2n) is 5.57. The van der Waals surface area contributed by atoms with Crippen molar-refractivity contribution in [1.82, 2.24) is 5.32 Å². The molecule has 29 heavy (non-hydrogen) atoms. The number of nitrogens with one attached hydrogen (secondary N) is 1. The van der Waals surface area contributed by atoms with Crippen LogP contribution in [0.3, 0.4) is 0 Å². The number of hydrogen-bond donors (Lipinski definition) is 1. The fourth-order valence-corrected chi connectivity index (χ4v) is 2.50. The molecule has 1 aliphatic rings. The molecule has 1 N–H and O–H groups in total. The normalized spacial score (nSPS) is 13.3. The third-order valence-electron chi connectivity index (χ3n) is 3.80. The van der Waals surface area contributed by atoms with Crippen molar-refractivity contribution in [2.45, 2.75) is 25.4 Å². The Hall–Kier alpha value is -1.93. The van der Waals surface area contributed by atoms with Crippen LogP contribution in [-0.4, -0.2) is 6.29 Å². The summed E-state index contributed by atoms with van der Waals surface area (Å²) in [5, 5.41) is 3.49. The maximum Gasteiger partial charge on any atom is 2.00 e. The molecule has 5 radical (unpaired) electrons. The van der Waals surface area contributed by atoms with E-state index in [9.17, 15) is 4.79 Å². The molecule has 0 spiro atoms. The second kappa shape index (κ2) is 20.8. The summed E-state index contributed by atoms with van der Waals surface area (Å²) in [5.41, 5.74) is 2.34. The Morgan fingerprint density at radius 3 is 1.55 bits per heavy atom. The second-order valence-corrected chi connectivity index (χ2v) is 5.57. The minimum absolute atomic E-state index is 0. The van der Waals surface area contributed by atoms with Crippen LogP contribution < -0.4 is 5.32 Å². The van der Waals surface area contributed by atoms with E-state index in [1.54, 1.807) is 0 Å². The minimum Gasteiger partial charge on any atom is -0.0312 e. The predicted octanol–water partition coefficient (Wildman–Crippen LogP) is 4.52. The first-order valence-electron chi connectivity index (χ1n) is 8.59. The Bertz CT molecular complexity index is 641. The third kappa shape index (κ3) is 13.0. The number of hydrogen-bond acceptors (Lipinski definition) is 2. The molecule has 0 aromatic heterocycles. The molecule has 0 bridgehead atoms. The van der Waals surface area contributed by atoms with Gasteiger partial charge in [-0.25, -0.2) is 0 Å². The molecule has 1 saturated carbocycles. The molecular formula is C24H23FeNO3+. The zero-order valence-corrected chi connectivity index (χ0v) is 17.2. The van der Waals surface area contributed by atoms with Crippen LogP contribution in [0.15, 0.2) is 60.7 Å². The molecule has 2 atom stereocenters. The van der Waals surface area contributed by atoms with Crippen molar-refractivity contribution < 1.29 is 31.2 Å². The first kappa shape index (κ1) is 29.3. The summed E-state index contributed by atoms with van der Waals surface area (Å²) < 4.78 is 15.0. The first-order valence-corrected chi connectivity index (χ1v) is 8.59. The van der Waals surface area contributed by atoms with Crippen molar-refractivity contribution in [2.24, 2.45) is 0 Å². The Morgan fingerprint density at radius 1 is 0.793 bits per heavy atom. The number of rotatable bonds is 6. The maximum atomic E-state index is 10.7. The topological polar surface area (TPSA) is 68.9 Å². The van der Waals surface area contributed by atoms with Crippen LogP contribution >= 0.6 is 0 Å². The van der Waals surface area contributed by atoms with Gasteiger partial charge in [-0.2, -0.15) is 0 Å². The van der Waals surface area contributed by atoms with E-state index in [1.165, 1.54) is 5.56 Å². The zero-order chi connectivity index (χ0) is 21.0. The summed E-state index contributed by atoms with van der Waals surface area (Å²) in [7, 11) is 0. The van der Waals surface area contributed by atoms with Gasteiger partial charge in [0.05, 0.1) is 0 Å².